The van der Waals surface area contributed by atoms with Crippen molar-refractivity contribution < 1.29 is 9.53 Å². The molecule has 1 aliphatic heterocycles. The fraction of sp³-hybridized carbons (Fsp3) is 0.778. The van der Waals surface area contributed by atoms with E-state index in [-0.39, 0.29) is 28.8 Å². The normalized spacial score (nSPS) is 26.2. The van der Waals surface area contributed by atoms with Gasteiger partial charge in [-0.25, -0.2) is 4.98 Å². The summed E-state index contributed by atoms with van der Waals surface area (Å²) in [6.07, 6.45) is 4.62. The quantitative estimate of drug-likeness (QED) is 0.832. The number of H-pyrrole nitrogens is 1. The lowest BCUT2D eigenvalue weighted by molar-refractivity contribution is -0.123. The molecule has 1 aliphatic carbocycles. The maximum Gasteiger partial charge on any atom is 0.224 e. The summed E-state index contributed by atoms with van der Waals surface area (Å²) in [6.45, 7) is 12.8. The molecule has 0 unspecified atom stereocenters. The van der Waals surface area contributed by atoms with Gasteiger partial charge >= 0.3 is 0 Å². The number of ether oxygens (including phenoxy) is 1. The number of amides is 1. The minimum atomic E-state index is 0.0965. The molecule has 6 nitrogen and oxygen atoms in total. The Kier molecular flexibility index (Phi) is 4.71. The first-order valence-electron chi connectivity index (χ1n) is 8.91. The van der Waals surface area contributed by atoms with Crippen LogP contribution in [0.15, 0.2) is 12.5 Å². The number of hydrogen-bond acceptors (Lipinski definition) is 4. The van der Waals surface area contributed by atoms with E-state index in [1.54, 1.807) is 6.33 Å². The van der Waals surface area contributed by atoms with Gasteiger partial charge in [0.2, 0.25) is 5.91 Å². The van der Waals surface area contributed by atoms with Crippen LogP contribution in [0.1, 0.15) is 39.8 Å². The van der Waals surface area contributed by atoms with Gasteiger partial charge in [-0.15, -0.1) is 0 Å². The summed E-state index contributed by atoms with van der Waals surface area (Å²) >= 11 is 0. The molecule has 0 bridgehead atoms. The first-order chi connectivity index (χ1) is 11.3. The maximum atomic E-state index is 12.4. The van der Waals surface area contributed by atoms with E-state index in [4.69, 9.17) is 4.74 Å². The van der Waals surface area contributed by atoms with Crippen molar-refractivity contribution in [1.29, 1.82) is 0 Å². The summed E-state index contributed by atoms with van der Waals surface area (Å²) in [4.78, 5) is 22.0. The van der Waals surface area contributed by atoms with Crippen molar-refractivity contribution in [2.75, 3.05) is 26.2 Å². The Labute approximate surface area is 144 Å². The summed E-state index contributed by atoms with van der Waals surface area (Å²) < 4.78 is 5.85. The van der Waals surface area contributed by atoms with Crippen LogP contribution in [0, 0.1) is 16.7 Å². The lowest BCUT2D eigenvalue weighted by atomic mass is 10.0. The fourth-order valence-electron chi connectivity index (χ4n) is 4.02. The second-order valence-corrected chi connectivity index (χ2v) is 8.26. The maximum absolute atomic E-state index is 12.4. The molecule has 134 valence electrons. The number of rotatable bonds is 6. The largest absolute Gasteiger partial charge is 0.375 e. The lowest BCUT2D eigenvalue weighted by Crippen LogP contribution is -2.43. The molecule has 2 fully saturated rings. The van der Waals surface area contributed by atoms with Gasteiger partial charge in [0.25, 0.3) is 0 Å². The first kappa shape index (κ1) is 17.4. The molecule has 1 aromatic rings. The summed E-state index contributed by atoms with van der Waals surface area (Å²) in [7, 11) is 0. The van der Waals surface area contributed by atoms with Gasteiger partial charge in [0.05, 0.1) is 19.0 Å². The Balaban J connectivity index is 1.40. The minimum absolute atomic E-state index is 0.0965. The number of carbonyl (C=O) groups is 1. The van der Waals surface area contributed by atoms with Crippen molar-refractivity contribution in [3.63, 3.8) is 0 Å². The van der Waals surface area contributed by atoms with Gasteiger partial charge in [-0.1, -0.05) is 27.7 Å². The van der Waals surface area contributed by atoms with E-state index in [9.17, 15) is 4.79 Å². The predicted octanol–water partition coefficient (Wildman–Crippen LogP) is 1.80. The fourth-order valence-corrected chi connectivity index (χ4v) is 4.02. The Bertz CT molecular complexity index is 554. The van der Waals surface area contributed by atoms with Crippen LogP contribution >= 0.6 is 0 Å². The molecule has 2 N–H and O–H groups in total. The van der Waals surface area contributed by atoms with Crippen LogP contribution < -0.4 is 5.32 Å². The molecule has 0 spiro atoms. The van der Waals surface area contributed by atoms with E-state index in [1.165, 1.54) is 0 Å². The number of nitrogens with zero attached hydrogens (tertiary/aromatic N) is 2. The molecular formula is C18H30N4O2. The zero-order chi connectivity index (χ0) is 17.4. The van der Waals surface area contributed by atoms with E-state index >= 15 is 0 Å². The Hall–Kier alpha value is -1.40. The molecule has 2 aliphatic rings. The molecule has 1 saturated carbocycles. The average molecular weight is 334 g/mol. The van der Waals surface area contributed by atoms with Gasteiger partial charge < -0.3 is 15.0 Å². The first-order valence-corrected chi connectivity index (χ1v) is 8.91. The molecule has 1 saturated heterocycles. The van der Waals surface area contributed by atoms with E-state index in [2.05, 4.69) is 47.9 Å². The zero-order valence-corrected chi connectivity index (χ0v) is 15.3. The molecular weight excluding hydrogens is 304 g/mol. The van der Waals surface area contributed by atoms with Crippen molar-refractivity contribution in [1.82, 2.24) is 20.2 Å². The zero-order valence-electron chi connectivity index (χ0n) is 15.3. The van der Waals surface area contributed by atoms with E-state index in [0.717, 1.165) is 38.4 Å². The predicted molar refractivity (Wildman–Crippen MR) is 92.3 cm³/mol. The van der Waals surface area contributed by atoms with Crippen molar-refractivity contribution in [2.24, 2.45) is 16.7 Å². The number of imidazole rings is 1. The molecule has 1 amide bonds. The summed E-state index contributed by atoms with van der Waals surface area (Å²) in [5.41, 5.74) is 1.32. The average Bonchev–Trinajstić information content (AvgIpc) is 2.86. The van der Waals surface area contributed by atoms with Crippen LogP contribution in [-0.2, 0) is 16.1 Å². The third-order valence-corrected chi connectivity index (χ3v) is 6.22. The van der Waals surface area contributed by atoms with Gasteiger partial charge in [-0.3, -0.25) is 9.69 Å². The second kappa shape index (κ2) is 6.48. The SMILES string of the molecule is CC1(C)C(C(=O)NCC[C@@H]2CN(Cc3cnc[nH]3)CCO2)C1(C)C. The highest BCUT2D eigenvalue weighted by Crippen LogP contribution is 2.68. The van der Waals surface area contributed by atoms with Crippen LogP contribution in [0.25, 0.3) is 0 Å². The number of morpholine rings is 1. The van der Waals surface area contributed by atoms with Gasteiger partial charge in [-0.05, 0) is 17.3 Å². The topological polar surface area (TPSA) is 70.2 Å². The molecule has 0 radical (unpaired) electrons. The summed E-state index contributed by atoms with van der Waals surface area (Å²) in [5, 5.41) is 3.11. The van der Waals surface area contributed by atoms with Crippen molar-refractivity contribution in [3.05, 3.63) is 18.2 Å². The molecule has 6 heteroatoms. The standard InChI is InChI=1S/C18H30N4O2/c1-17(2)15(18(17,3)4)16(23)20-6-5-14-11-22(7-8-24-14)10-13-9-19-12-21-13/h9,12,14-15H,5-8,10-11H2,1-4H3,(H,19,21)(H,20,23)/t14-/m1/s1. The van der Waals surface area contributed by atoms with Gasteiger partial charge in [0.1, 0.15) is 0 Å². The third-order valence-electron chi connectivity index (χ3n) is 6.22. The molecule has 0 aromatic carbocycles. The van der Waals surface area contributed by atoms with Gasteiger partial charge in [0, 0.05) is 44.0 Å². The number of carbonyl (C=O) groups excluding carboxylic acids is 1. The number of hydrogen-bond donors (Lipinski definition) is 2. The number of nitrogens with one attached hydrogen (secondary N) is 2. The smallest absolute Gasteiger partial charge is 0.224 e. The van der Waals surface area contributed by atoms with Crippen LogP contribution in [-0.4, -0.2) is 53.1 Å². The van der Waals surface area contributed by atoms with Crippen LogP contribution in [0.5, 0.6) is 0 Å². The van der Waals surface area contributed by atoms with E-state index in [0.29, 0.717) is 6.54 Å². The van der Waals surface area contributed by atoms with Gasteiger partial charge in [-0.2, -0.15) is 0 Å². The monoisotopic (exact) mass is 334 g/mol. The Morgan fingerprint density at radius 1 is 1.42 bits per heavy atom. The van der Waals surface area contributed by atoms with E-state index in [1.807, 2.05) is 6.20 Å². The molecule has 1 atom stereocenters. The number of aromatic amines is 1. The summed E-state index contributed by atoms with van der Waals surface area (Å²) in [5.74, 6) is 0.310. The van der Waals surface area contributed by atoms with Crippen molar-refractivity contribution >= 4 is 5.91 Å². The molecule has 1 aromatic heterocycles. The third kappa shape index (κ3) is 3.35. The molecule has 3 rings (SSSR count). The summed E-state index contributed by atoms with van der Waals surface area (Å²) in [6, 6.07) is 0. The van der Waals surface area contributed by atoms with Crippen LogP contribution in [0.3, 0.4) is 0 Å². The second-order valence-electron chi connectivity index (χ2n) is 8.26. The highest BCUT2D eigenvalue weighted by molar-refractivity contribution is 5.84. The van der Waals surface area contributed by atoms with Crippen LogP contribution in [0.4, 0.5) is 0 Å². The van der Waals surface area contributed by atoms with Gasteiger partial charge in [0.15, 0.2) is 0 Å². The van der Waals surface area contributed by atoms with Crippen molar-refractivity contribution in [2.45, 2.75) is 46.8 Å². The van der Waals surface area contributed by atoms with Crippen molar-refractivity contribution in [3.8, 4) is 0 Å². The highest BCUT2D eigenvalue weighted by Gasteiger charge is 2.68. The molecule has 2 heterocycles. The lowest BCUT2D eigenvalue weighted by Gasteiger charge is -2.32. The Morgan fingerprint density at radius 3 is 2.79 bits per heavy atom. The Morgan fingerprint density at radius 2 is 2.17 bits per heavy atom. The number of aromatic nitrogens is 2. The minimum Gasteiger partial charge on any atom is -0.375 e. The van der Waals surface area contributed by atoms with Crippen LogP contribution in [0.2, 0.25) is 0 Å². The van der Waals surface area contributed by atoms with E-state index < -0.39 is 0 Å². The molecule has 24 heavy (non-hydrogen) atoms. The highest BCUT2D eigenvalue weighted by atomic mass is 16.5.